The van der Waals surface area contributed by atoms with Crippen molar-refractivity contribution < 1.29 is 28.6 Å². The molecule has 0 radical (unpaired) electrons. The van der Waals surface area contributed by atoms with E-state index in [-0.39, 0.29) is 12.7 Å². The molecule has 90 valence electrons. The fourth-order valence-electron chi connectivity index (χ4n) is 1.56. The van der Waals surface area contributed by atoms with E-state index in [2.05, 4.69) is 0 Å². The molecule has 5 atom stereocenters. The average Bonchev–Trinajstić information content (AvgIpc) is 2.38. The zero-order chi connectivity index (χ0) is 11.6. The van der Waals surface area contributed by atoms with Gasteiger partial charge in [-0.05, 0) is 6.92 Å². The van der Waals surface area contributed by atoms with Crippen LogP contribution in [0.15, 0.2) is 0 Å². The van der Waals surface area contributed by atoms with Crippen LogP contribution in [0.3, 0.4) is 0 Å². The third kappa shape index (κ3) is 3.52. The molecule has 1 saturated heterocycles. The summed E-state index contributed by atoms with van der Waals surface area (Å²) in [6, 6.07) is 0. The number of hydrogen-bond donors (Lipinski definition) is 2. The van der Waals surface area contributed by atoms with Crippen molar-refractivity contribution in [1.82, 2.24) is 0 Å². The number of rotatable bonds is 4. The Kier molecular flexibility index (Phi) is 4.29. The SMILES string of the molecule is COC1[C@@H](COP(C)(=O)O)O[C@@H](C)[C@H]1O. The molecule has 0 aromatic rings. The molecule has 1 rings (SSSR count). The van der Waals surface area contributed by atoms with E-state index >= 15 is 0 Å². The first kappa shape index (κ1) is 13.1. The van der Waals surface area contributed by atoms with Gasteiger partial charge < -0.3 is 24.0 Å². The first-order valence-corrected chi connectivity index (χ1v) is 6.68. The highest BCUT2D eigenvalue weighted by Crippen LogP contribution is 2.38. The van der Waals surface area contributed by atoms with E-state index in [0.717, 1.165) is 6.66 Å². The van der Waals surface area contributed by atoms with Crippen LogP contribution in [-0.4, -0.2) is 54.8 Å². The Morgan fingerprint density at radius 1 is 1.53 bits per heavy atom. The second kappa shape index (κ2) is 4.91. The Morgan fingerprint density at radius 3 is 2.60 bits per heavy atom. The Balaban J connectivity index is 2.52. The molecule has 0 saturated carbocycles. The van der Waals surface area contributed by atoms with Crippen molar-refractivity contribution >= 4 is 7.60 Å². The molecule has 1 aliphatic rings. The molecular weight excluding hydrogens is 223 g/mol. The van der Waals surface area contributed by atoms with Gasteiger partial charge in [0.25, 0.3) is 0 Å². The van der Waals surface area contributed by atoms with Crippen molar-refractivity contribution in [3.05, 3.63) is 0 Å². The lowest BCUT2D eigenvalue weighted by Crippen LogP contribution is -2.35. The van der Waals surface area contributed by atoms with Crippen molar-refractivity contribution in [2.24, 2.45) is 0 Å². The second-order valence-corrected chi connectivity index (χ2v) is 5.53. The van der Waals surface area contributed by atoms with E-state index in [1.165, 1.54) is 7.11 Å². The van der Waals surface area contributed by atoms with Gasteiger partial charge in [-0.15, -0.1) is 0 Å². The monoisotopic (exact) mass is 240 g/mol. The summed E-state index contributed by atoms with van der Waals surface area (Å²) in [7, 11) is -2.06. The van der Waals surface area contributed by atoms with Crippen LogP contribution in [0, 0.1) is 0 Å². The van der Waals surface area contributed by atoms with E-state index in [9.17, 15) is 9.67 Å². The van der Waals surface area contributed by atoms with Crippen LogP contribution in [0.5, 0.6) is 0 Å². The van der Waals surface area contributed by atoms with Gasteiger partial charge in [-0.3, -0.25) is 4.57 Å². The number of methoxy groups -OCH3 is 1. The zero-order valence-corrected chi connectivity index (χ0v) is 9.89. The van der Waals surface area contributed by atoms with E-state index < -0.39 is 25.9 Å². The smallest absolute Gasteiger partial charge is 0.325 e. The van der Waals surface area contributed by atoms with Crippen LogP contribution in [0.4, 0.5) is 0 Å². The summed E-state index contributed by atoms with van der Waals surface area (Å²) in [5.74, 6) is 0. The highest BCUT2D eigenvalue weighted by molar-refractivity contribution is 7.51. The Bertz CT molecular complexity index is 252. The lowest BCUT2D eigenvalue weighted by atomic mass is 10.1. The molecule has 0 bridgehead atoms. The van der Waals surface area contributed by atoms with Crippen molar-refractivity contribution in [3.63, 3.8) is 0 Å². The first-order chi connectivity index (χ1) is 6.85. The summed E-state index contributed by atoms with van der Waals surface area (Å²) in [5, 5.41) is 9.62. The Morgan fingerprint density at radius 2 is 2.13 bits per heavy atom. The molecule has 1 fully saturated rings. The maximum absolute atomic E-state index is 10.9. The van der Waals surface area contributed by atoms with Crippen molar-refractivity contribution in [2.75, 3.05) is 20.4 Å². The van der Waals surface area contributed by atoms with Crippen LogP contribution in [0.25, 0.3) is 0 Å². The molecule has 2 N–H and O–H groups in total. The van der Waals surface area contributed by atoms with E-state index in [1.807, 2.05) is 0 Å². The second-order valence-electron chi connectivity index (χ2n) is 3.67. The molecule has 6 nitrogen and oxygen atoms in total. The standard InChI is InChI=1S/C8H17O6P/c1-5-7(9)8(12-2)6(14-5)4-13-15(3,10)11/h5-9H,4H2,1-3H3,(H,10,11)/t5-,6+,7+,8?/m0/s1. The number of ether oxygens (including phenoxy) is 2. The van der Waals surface area contributed by atoms with Crippen LogP contribution in [0.1, 0.15) is 6.92 Å². The summed E-state index contributed by atoms with van der Waals surface area (Å²) in [4.78, 5) is 8.94. The van der Waals surface area contributed by atoms with Gasteiger partial charge in [0.05, 0.1) is 12.7 Å². The van der Waals surface area contributed by atoms with Crippen LogP contribution < -0.4 is 0 Å². The van der Waals surface area contributed by atoms with Gasteiger partial charge in [-0.2, -0.15) is 0 Å². The summed E-state index contributed by atoms with van der Waals surface area (Å²) in [6.07, 6.45) is -2.14. The van der Waals surface area contributed by atoms with Gasteiger partial charge in [0.2, 0.25) is 0 Å². The summed E-state index contributed by atoms with van der Waals surface area (Å²) >= 11 is 0. The number of aliphatic hydroxyl groups is 1. The van der Waals surface area contributed by atoms with Crippen LogP contribution >= 0.6 is 7.60 Å². The van der Waals surface area contributed by atoms with Gasteiger partial charge in [-0.1, -0.05) is 0 Å². The van der Waals surface area contributed by atoms with Crippen molar-refractivity contribution in [3.8, 4) is 0 Å². The first-order valence-electron chi connectivity index (χ1n) is 4.66. The molecule has 7 heteroatoms. The summed E-state index contributed by atoms with van der Waals surface area (Å²) in [5.41, 5.74) is 0. The minimum atomic E-state index is -3.51. The molecule has 0 amide bonds. The van der Waals surface area contributed by atoms with Gasteiger partial charge in [0.15, 0.2) is 0 Å². The highest BCUT2D eigenvalue weighted by Gasteiger charge is 2.42. The summed E-state index contributed by atoms with van der Waals surface area (Å²) < 4.78 is 26.0. The molecule has 0 aromatic heterocycles. The average molecular weight is 240 g/mol. The fraction of sp³-hybridized carbons (Fsp3) is 1.00. The van der Waals surface area contributed by atoms with Crippen LogP contribution in [0.2, 0.25) is 0 Å². The number of aliphatic hydroxyl groups excluding tert-OH is 1. The van der Waals surface area contributed by atoms with E-state index in [1.54, 1.807) is 6.92 Å². The van der Waals surface area contributed by atoms with Crippen LogP contribution in [-0.2, 0) is 18.6 Å². The normalized spacial score (nSPS) is 40.3. The summed E-state index contributed by atoms with van der Waals surface area (Å²) in [6.45, 7) is 2.75. The fourth-order valence-corrected chi connectivity index (χ4v) is 1.98. The predicted molar refractivity (Wildman–Crippen MR) is 52.8 cm³/mol. The lowest BCUT2D eigenvalue weighted by molar-refractivity contribution is -0.0306. The maximum atomic E-state index is 10.9. The Hall–Kier alpha value is 0.0300. The molecule has 1 aliphatic heterocycles. The minimum absolute atomic E-state index is 0.0653. The molecule has 0 spiro atoms. The van der Waals surface area contributed by atoms with Gasteiger partial charge in [0.1, 0.15) is 18.3 Å². The molecule has 2 unspecified atom stereocenters. The van der Waals surface area contributed by atoms with Crippen molar-refractivity contribution in [1.29, 1.82) is 0 Å². The zero-order valence-electron chi connectivity index (χ0n) is 8.99. The van der Waals surface area contributed by atoms with Gasteiger partial charge in [-0.25, -0.2) is 0 Å². The molecule has 1 heterocycles. The van der Waals surface area contributed by atoms with E-state index in [0.29, 0.717) is 0 Å². The molecule has 15 heavy (non-hydrogen) atoms. The lowest BCUT2D eigenvalue weighted by Gasteiger charge is -2.19. The third-order valence-electron chi connectivity index (χ3n) is 2.32. The quantitative estimate of drug-likeness (QED) is 0.672. The molecule has 0 aliphatic carbocycles. The highest BCUT2D eigenvalue weighted by atomic mass is 31.2. The third-order valence-corrected chi connectivity index (χ3v) is 2.95. The van der Waals surface area contributed by atoms with Gasteiger partial charge in [0, 0.05) is 13.8 Å². The predicted octanol–water partition coefficient (Wildman–Crippen LogP) is -0.0186. The maximum Gasteiger partial charge on any atom is 0.325 e. The van der Waals surface area contributed by atoms with Crippen molar-refractivity contribution in [2.45, 2.75) is 31.3 Å². The van der Waals surface area contributed by atoms with E-state index in [4.69, 9.17) is 18.9 Å². The topological polar surface area (TPSA) is 85.2 Å². The van der Waals surface area contributed by atoms with Gasteiger partial charge >= 0.3 is 7.60 Å². The number of hydrogen-bond acceptors (Lipinski definition) is 5. The Labute approximate surface area is 88.7 Å². The molecular formula is C8H17O6P. The largest absolute Gasteiger partial charge is 0.388 e. The molecule has 0 aromatic carbocycles. The minimum Gasteiger partial charge on any atom is -0.388 e.